The Morgan fingerprint density at radius 1 is 1.43 bits per heavy atom. The van der Waals surface area contributed by atoms with E-state index < -0.39 is 10.2 Å². The van der Waals surface area contributed by atoms with Gasteiger partial charge in [0.25, 0.3) is 0 Å². The molecule has 8 nitrogen and oxygen atoms in total. The van der Waals surface area contributed by atoms with Crippen molar-refractivity contribution in [2.75, 3.05) is 24.4 Å². The summed E-state index contributed by atoms with van der Waals surface area (Å²) in [6.07, 6.45) is 0. The number of oxime groups is 1. The lowest BCUT2D eigenvalue weighted by Gasteiger charge is -2.19. The van der Waals surface area contributed by atoms with Gasteiger partial charge in [0.15, 0.2) is 5.84 Å². The first kappa shape index (κ1) is 17.1. The van der Waals surface area contributed by atoms with Gasteiger partial charge in [-0.3, -0.25) is 4.72 Å². The number of hydrogen-bond donors (Lipinski definition) is 3. The topological polar surface area (TPSA) is 117 Å². The number of anilines is 1. The average Bonchev–Trinajstić information content (AvgIpc) is 2.45. The Hall–Kier alpha value is -2.00. The zero-order valence-electron chi connectivity index (χ0n) is 12.0. The van der Waals surface area contributed by atoms with E-state index in [-0.39, 0.29) is 12.4 Å². The van der Waals surface area contributed by atoms with E-state index in [0.29, 0.717) is 24.5 Å². The van der Waals surface area contributed by atoms with Crippen molar-refractivity contribution in [1.29, 1.82) is 0 Å². The molecule has 0 unspecified atom stereocenters. The lowest BCUT2D eigenvalue weighted by atomic mass is 10.3. The zero-order valence-corrected chi connectivity index (χ0v) is 12.8. The lowest BCUT2D eigenvalue weighted by molar-refractivity contribution is 0.306. The molecule has 0 aliphatic heterocycles. The molecule has 0 aliphatic carbocycles. The first-order valence-corrected chi connectivity index (χ1v) is 7.84. The predicted octanol–water partition coefficient (Wildman–Crippen LogP) is 0.810. The molecular formula is C12H20N4O4S. The first-order chi connectivity index (χ1) is 9.92. The van der Waals surface area contributed by atoms with Crippen molar-refractivity contribution < 1.29 is 18.4 Å². The molecule has 0 aromatic heterocycles. The SMILES string of the molecule is CCN(CC)S(=O)(=O)Nc1cccc(OC/C(N)=N/O)c1. The number of nitrogens with zero attached hydrogens (tertiary/aromatic N) is 2. The third kappa shape index (κ3) is 5.12. The van der Waals surface area contributed by atoms with Crippen LogP contribution in [0.5, 0.6) is 5.75 Å². The quantitative estimate of drug-likeness (QED) is 0.284. The van der Waals surface area contributed by atoms with E-state index in [2.05, 4.69) is 9.88 Å². The minimum Gasteiger partial charge on any atom is -0.485 e. The van der Waals surface area contributed by atoms with Gasteiger partial charge in [-0.2, -0.15) is 12.7 Å². The zero-order chi connectivity index (χ0) is 15.9. The number of ether oxygens (including phenoxy) is 1. The van der Waals surface area contributed by atoms with E-state index >= 15 is 0 Å². The van der Waals surface area contributed by atoms with Gasteiger partial charge in [-0.25, -0.2) is 0 Å². The highest BCUT2D eigenvalue weighted by molar-refractivity contribution is 7.90. The second-order valence-corrected chi connectivity index (χ2v) is 5.77. The molecule has 0 spiro atoms. The third-order valence-electron chi connectivity index (χ3n) is 2.64. The van der Waals surface area contributed by atoms with Crippen LogP contribution in [-0.2, 0) is 10.2 Å². The minimum absolute atomic E-state index is 0.0795. The number of amidine groups is 1. The molecule has 0 atom stereocenters. The molecule has 0 bridgehead atoms. The van der Waals surface area contributed by atoms with Gasteiger partial charge in [0.2, 0.25) is 0 Å². The maximum absolute atomic E-state index is 12.1. The fourth-order valence-corrected chi connectivity index (χ4v) is 2.85. The van der Waals surface area contributed by atoms with E-state index in [0.717, 1.165) is 0 Å². The highest BCUT2D eigenvalue weighted by atomic mass is 32.2. The standard InChI is InChI=1S/C12H20N4O4S/c1-3-16(4-2)21(18,19)15-10-6-5-7-11(8-10)20-9-12(13)14-17/h5-8,15,17H,3-4,9H2,1-2H3,(H2,13,14). The fourth-order valence-electron chi connectivity index (χ4n) is 1.61. The van der Waals surface area contributed by atoms with E-state index in [9.17, 15) is 8.42 Å². The van der Waals surface area contributed by atoms with Gasteiger partial charge in [0.05, 0.1) is 5.69 Å². The third-order valence-corrected chi connectivity index (χ3v) is 4.33. The normalized spacial score (nSPS) is 12.4. The summed E-state index contributed by atoms with van der Waals surface area (Å²) in [5.41, 5.74) is 5.67. The predicted molar refractivity (Wildman–Crippen MR) is 80.8 cm³/mol. The Bertz CT molecular complexity index is 585. The van der Waals surface area contributed by atoms with E-state index in [1.54, 1.807) is 32.0 Å². The first-order valence-electron chi connectivity index (χ1n) is 6.40. The Morgan fingerprint density at radius 3 is 2.67 bits per heavy atom. The van der Waals surface area contributed by atoms with E-state index in [1.165, 1.54) is 10.4 Å². The summed E-state index contributed by atoms with van der Waals surface area (Å²) in [6, 6.07) is 6.41. The second-order valence-electron chi connectivity index (χ2n) is 4.10. The number of nitrogens with two attached hydrogens (primary N) is 1. The Labute approximate surface area is 124 Å². The van der Waals surface area contributed by atoms with Crippen LogP contribution in [0.15, 0.2) is 29.4 Å². The van der Waals surface area contributed by atoms with Crippen LogP contribution in [0, 0.1) is 0 Å². The summed E-state index contributed by atoms with van der Waals surface area (Å²) in [7, 11) is -3.59. The molecule has 1 aromatic carbocycles. The number of nitrogens with one attached hydrogen (secondary N) is 1. The van der Waals surface area contributed by atoms with Crippen LogP contribution in [-0.4, -0.2) is 43.5 Å². The van der Waals surface area contributed by atoms with Crippen LogP contribution in [0.2, 0.25) is 0 Å². The number of benzene rings is 1. The second kappa shape index (κ2) is 7.70. The molecular weight excluding hydrogens is 296 g/mol. The molecule has 118 valence electrons. The number of rotatable bonds is 8. The van der Waals surface area contributed by atoms with Crippen molar-refractivity contribution in [3.63, 3.8) is 0 Å². The van der Waals surface area contributed by atoms with Gasteiger partial charge in [-0.05, 0) is 12.1 Å². The van der Waals surface area contributed by atoms with Gasteiger partial charge >= 0.3 is 10.2 Å². The average molecular weight is 316 g/mol. The highest BCUT2D eigenvalue weighted by Crippen LogP contribution is 2.19. The van der Waals surface area contributed by atoms with Crippen molar-refractivity contribution >= 4 is 21.7 Å². The molecule has 0 saturated carbocycles. The van der Waals surface area contributed by atoms with Crippen molar-refractivity contribution in [1.82, 2.24) is 4.31 Å². The fraction of sp³-hybridized carbons (Fsp3) is 0.417. The Morgan fingerprint density at radius 2 is 2.10 bits per heavy atom. The van der Waals surface area contributed by atoms with Crippen LogP contribution < -0.4 is 15.2 Å². The molecule has 4 N–H and O–H groups in total. The monoisotopic (exact) mass is 316 g/mol. The molecule has 0 fully saturated rings. The summed E-state index contributed by atoms with van der Waals surface area (Å²) in [4.78, 5) is 0. The van der Waals surface area contributed by atoms with Crippen molar-refractivity contribution in [3.05, 3.63) is 24.3 Å². The molecule has 0 saturated heterocycles. The summed E-state index contributed by atoms with van der Waals surface area (Å²) in [6.45, 7) is 4.19. The van der Waals surface area contributed by atoms with Crippen LogP contribution in [0.25, 0.3) is 0 Å². The molecule has 0 radical (unpaired) electrons. The van der Waals surface area contributed by atoms with E-state index in [1.807, 2.05) is 0 Å². The smallest absolute Gasteiger partial charge is 0.301 e. The summed E-state index contributed by atoms with van der Waals surface area (Å²) in [5, 5.41) is 11.2. The highest BCUT2D eigenvalue weighted by Gasteiger charge is 2.18. The van der Waals surface area contributed by atoms with Gasteiger partial charge in [-0.15, -0.1) is 0 Å². The van der Waals surface area contributed by atoms with Gasteiger partial charge < -0.3 is 15.7 Å². The molecule has 0 amide bonds. The maximum atomic E-state index is 12.1. The molecule has 0 heterocycles. The summed E-state index contributed by atoms with van der Waals surface area (Å²) in [5.74, 6) is 0.325. The van der Waals surface area contributed by atoms with Crippen LogP contribution in [0.3, 0.4) is 0 Å². The molecule has 1 rings (SSSR count). The number of hydrogen-bond acceptors (Lipinski definition) is 5. The van der Waals surface area contributed by atoms with Crippen LogP contribution >= 0.6 is 0 Å². The van der Waals surface area contributed by atoms with E-state index in [4.69, 9.17) is 15.7 Å². The summed E-state index contributed by atoms with van der Waals surface area (Å²) < 4.78 is 33.2. The molecule has 9 heteroatoms. The van der Waals surface area contributed by atoms with Crippen molar-refractivity contribution in [2.45, 2.75) is 13.8 Å². The Kier molecular flexibility index (Phi) is 6.25. The molecule has 0 aliphatic rings. The maximum Gasteiger partial charge on any atom is 0.301 e. The Balaban J connectivity index is 2.81. The molecule has 21 heavy (non-hydrogen) atoms. The van der Waals surface area contributed by atoms with Crippen LogP contribution in [0.4, 0.5) is 5.69 Å². The molecule has 1 aromatic rings. The van der Waals surface area contributed by atoms with Crippen LogP contribution in [0.1, 0.15) is 13.8 Å². The lowest BCUT2D eigenvalue weighted by Crippen LogP contribution is -2.35. The minimum atomic E-state index is -3.59. The largest absolute Gasteiger partial charge is 0.485 e. The van der Waals surface area contributed by atoms with Crippen molar-refractivity contribution in [3.8, 4) is 5.75 Å². The van der Waals surface area contributed by atoms with Gasteiger partial charge in [-0.1, -0.05) is 25.1 Å². The van der Waals surface area contributed by atoms with Gasteiger partial charge in [0.1, 0.15) is 12.4 Å². The summed E-state index contributed by atoms with van der Waals surface area (Å²) >= 11 is 0. The van der Waals surface area contributed by atoms with Gasteiger partial charge in [0, 0.05) is 19.2 Å². The van der Waals surface area contributed by atoms with Crippen molar-refractivity contribution in [2.24, 2.45) is 10.9 Å².